The number of alkyl halides is 3. The van der Waals surface area contributed by atoms with Crippen LogP contribution in [-0.2, 0) is 19.1 Å². The molecule has 2 heterocycles. The largest absolute Gasteiger partial charge is 0.461 e. The molecule has 3 aromatic carbocycles. The van der Waals surface area contributed by atoms with Crippen LogP contribution in [0.4, 0.5) is 23.2 Å². The van der Waals surface area contributed by atoms with Crippen LogP contribution in [0.5, 0.6) is 0 Å². The second kappa shape index (κ2) is 9.57. The first-order valence-corrected chi connectivity index (χ1v) is 11.4. The number of nitrogens with zero attached hydrogens (tertiary/aromatic N) is 1. The summed E-state index contributed by atoms with van der Waals surface area (Å²) in [6, 6.07) is 18.4. The molecule has 0 spiro atoms. The zero-order chi connectivity index (χ0) is 26.2. The first-order valence-electron chi connectivity index (χ1n) is 11.4. The number of carbonyl (C=O) groups excluding carboxylic acids is 2. The van der Waals surface area contributed by atoms with Gasteiger partial charge < -0.3 is 14.6 Å². The highest BCUT2D eigenvalue weighted by Gasteiger charge is 2.32. The fourth-order valence-corrected chi connectivity index (χ4v) is 4.18. The minimum Gasteiger partial charge on any atom is -0.461 e. The van der Waals surface area contributed by atoms with Crippen LogP contribution in [0.1, 0.15) is 37.6 Å². The van der Waals surface area contributed by atoms with E-state index in [0.29, 0.717) is 30.0 Å². The van der Waals surface area contributed by atoms with E-state index in [1.807, 2.05) is 6.07 Å². The van der Waals surface area contributed by atoms with E-state index < -0.39 is 23.5 Å². The predicted octanol–water partition coefficient (Wildman–Crippen LogP) is 6.56. The average Bonchev–Trinajstić information content (AvgIpc) is 3.32. The second-order valence-electron chi connectivity index (χ2n) is 8.65. The molecule has 0 fully saturated rings. The van der Waals surface area contributed by atoms with E-state index in [1.54, 1.807) is 24.3 Å². The van der Waals surface area contributed by atoms with Gasteiger partial charge in [0.2, 0.25) is 0 Å². The van der Waals surface area contributed by atoms with Gasteiger partial charge in [0.15, 0.2) is 0 Å². The Morgan fingerprint density at radius 3 is 2.32 bits per heavy atom. The molecule has 5 nitrogen and oxygen atoms in total. The summed E-state index contributed by atoms with van der Waals surface area (Å²) in [7, 11) is 0. The summed E-state index contributed by atoms with van der Waals surface area (Å²) in [5.41, 5.74) is 1.54. The van der Waals surface area contributed by atoms with Crippen molar-refractivity contribution in [2.24, 2.45) is 0 Å². The van der Waals surface area contributed by atoms with Gasteiger partial charge in [-0.05, 0) is 72.8 Å². The zero-order valence-electron chi connectivity index (χ0n) is 19.3. The maximum absolute atomic E-state index is 13.1. The third-order valence-corrected chi connectivity index (χ3v) is 6.12. The lowest BCUT2D eigenvalue weighted by Gasteiger charge is -2.26. The number of fused-ring (bicyclic) bond motifs is 1. The molecule has 37 heavy (non-hydrogen) atoms. The van der Waals surface area contributed by atoms with Gasteiger partial charge in [0.1, 0.15) is 17.3 Å². The smallest absolute Gasteiger partial charge is 0.416 e. The first kappa shape index (κ1) is 24.3. The SMILES string of the molecule is O=C(Nc1ccc(-c2cc3c(o2)CCN(C(=O)c2cccc(C(F)(F)F)c2)C3)cc1)c1ccc(F)cc1. The minimum atomic E-state index is -4.52. The molecule has 4 aromatic rings. The van der Waals surface area contributed by atoms with Crippen LogP contribution < -0.4 is 5.32 Å². The molecule has 5 rings (SSSR count). The Morgan fingerprint density at radius 2 is 1.62 bits per heavy atom. The standard InChI is InChI=1S/C28H20F4N2O3/c29-22-8-4-18(5-9-22)26(35)33-23-10-6-17(7-11-23)25-15-20-16-34(13-12-24(20)37-25)27(36)19-2-1-3-21(14-19)28(30,31)32/h1-11,14-15H,12-13,16H2,(H,33,35). The number of hydrogen-bond donors (Lipinski definition) is 1. The molecule has 1 N–H and O–H groups in total. The number of benzene rings is 3. The summed E-state index contributed by atoms with van der Waals surface area (Å²) in [6.45, 7) is 0.545. The summed E-state index contributed by atoms with van der Waals surface area (Å²) in [6.07, 6.45) is -4.09. The number of rotatable bonds is 4. The normalized spacial score (nSPS) is 13.2. The van der Waals surface area contributed by atoms with Crippen molar-refractivity contribution >= 4 is 17.5 Å². The Bertz CT molecular complexity index is 1460. The molecule has 1 aliphatic rings. The monoisotopic (exact) mass is 508 g/mol. The van der Waals surface area contributed by atoms with Gasteiger partial charge in [0.25, 0.3) is 11.8 Å². The number of amides is 2. The Kier molecular flexibility index (Phi) is 6.29. The van der Waals surface area contributed by atoms with Gasteiger partial charge in [0.05, 0.1) is 5.56 Å². The molecular formula is C28H20F4N2O3. The van der Waals surface area contributed by atoms with Gasteiger partial charge in [-0.1, -0.05) is 6.07 Å². The molecule has 0 bridgehead atoms. The summed E-state index contributed by atoms with van der Waals surface area (Å²) in [5, 5.41) is 2.75. The van der Waals surface area contributed by atoms with Crippen molar-refractivity contribution in [2.45, 2.75) is 19.1 Å². The highest BCUT2D eigenvalue weighted by atomic mass is 19.4. The Morgan fingerprint density at radius 1 is 0.892 bits per heavy atom. The summed E-state index contributed by atoms with van der Waals surface area (Å²) < 4.78 is 58.2. The Hall–Kier alpha value is -4.40. The van der Waals surface area contributed by atoms with Crippen LogP contribution in [0.2, 0.25) is 0 Å². The highest BCUT2D eigenvalue weighted by molar-refractivity contribution is 6.04. The maximum Gasteiger partial charge on any atom is 0.416 e. The van der Waals surface area contributed by atoms with E-state index >= 15 is 0 Å². The van der Waals surface area contributed by atoms with Gasteiger partial charge in [-0.3, -0.25) is 9.59 Å². The van der Waals surface area contributed by atoms with E-state index in [-0.39, 0.29) is 18.0 Å². The molecule has 0 saturated heterocycles. The summed E-state index contributed by atoms with van der Waals surface area (Å²) in [5.74, 6) is 0.0317. The van der Waals surface area contributed by atoms with Gasteiger partial charge in [-0.25, -0.2) is 4.39 Å². The highest BCUT2D eigenvalue weighted by Crippen LogP contribution is 2.32. The number of hydrogen-bond acceptors (Lipinski definition) is 3. The van der Waals surface area contributed by atoms with Gasteiger partial charge in [0, 0.05) is 47.5 Å². The fourth-order valence-electron chi connectivity index (χ4n) is 4.18. The lowest BCUT2D eigenvalue weighted by Crippen LogP contribution is -2.35. The van der Waals surface area contributed by atoms with Crippen molar-refractivity contribution < 1.29 is 31.6 Å². The third-order valence-electron chi connectivity index (χ3n) is 6.12. The molecule has 1 aromatic heterocycles. The fraction of sp³-hybridized carbons (Fsp3) is 0.143. The van der Waals surface area contributed by atoms with E-state index in [1.165, 1.54) is 41.3 Å². The first-order chi connectivity index (χ1) is 17.7. The molecule has 2 amide bonds. The quantitative estimate of drug-likeness (QED) is 0.318. The van der Waals surface area contributed by atoms with Gasteiger partial charge in [-0.2, -0.15) is 13.2 Å². The summed E-state index contributed by atoms with van der Waals surface area (Å²) >= 11 is 0. The Balaban J connectivity index is 1.27. The number of anilines is 1. The van der Waals surface area contributed by atoms with Gasteiger partial charge >= 0.3 is 6.18 Å². The van der Waals surface area contributed by atoms with Crippen molar-refractivity contribution in [2.75, 3.05) is 11.9 Å². The molecule has 1 aliphatic heterocycles. The van der Waals surface area contributed by atoms with E-state index in [0.717, 1.165) is 29.0 Å². The number of nitrogens with one attached hydrogen (secondary N) is 1. The van der Waals surface area contributed by atoms with Crippen LogP contribution in [0.3, 0.4) is 0 Å². The molecule has 0 aliphatic carbocycles. The third kappa shape index (κ3) is 5.25. The number of carbonyl (C=O) groups is 2. The van der Waals surface area contributed by atoms with Crippen molar-refractivity contribution in [1.29, 1.82) is 0 Å². The van der Waals surface area contributed by atoms with Crippen molar-refractivity contribution in [3.05, 3.63) is 113 Å². The van der Waals surface area contributed by atoms with Crippen molar-refractivity contribution in [3.63, 3.8) is 0 Å². The second-order valence-corrected chi connectivity index (χ2v) is 8.65. The molecule has 0 unspecified atom stereocenters. The predicted molar refractivity (Wildman–Crippen MR) is 128 cm³/mol. The van der Waals surface area contributed by atoms with E-state index in [2.05, 4.69) is 5.32 Å². The van der Waals surface area contributed by atoms with Crippen LogP contribution in [0, 0.1) is 5.82 Å². The van der Waals surface area contributed by atoms with Crippen LogP contribution in [0.15, 0.2) is 83.3 Å². The molecule has 9 heteroatoms. The lowest BCUT2D eigenvalue weighted by molar-refractivity contribution is -0.137. The molecular weight excluding hydrogens is 488 g/mol. The van der Waals surface area contributed by atoms with E-state index in [9.17, 15) is 27.2 Å². The minimum absolute atomic E-state index is 0.0136. The van der Waals surface area contributed by atoms with Gasteiger partial charge in [-0.15, -0.1) is 0 Å². The molecule has 0 atom stereocenters. The zero-order valence-corrected chi connectivity index (χ0v) is 19.3. The lowest BCUT2D eigenvalue weighted by atomic mass is 10.0. The summed E-state index contributed by atoms with van der Waals surface area (Å²) in [4.78, 5) is 26.7. The maximum atomic E-state index is 13.1. The van der Waals surface area contributed by atoms with Crippen molar-refractivity contribution in [3.8, 4) is 11.3 Å². The number of furan rings is 1. The van der Waals surface area contributed by atoms with Crippen molar-refractivity contribution in [1.82, 2.24) is 4.90 Å². The average molecular weight is 508 g/mol. The number of halogens is 4. The van der Waals surface area contributed by atoms with Crippen LogP contribution in [0.25, 0.3) is 11.3 Å². The topological polar surface area (TPSA) is 62.6 Å². The van der Waals surface area contributed by atoms with E-state index in [4.69, 9.17) is 4.42 Å². The van der Waals surface area contributed by atoms with Crippen LogP contribution in [-0.4, -0.2) is 23.3 Å². The molecule has 0 saturated carbocycles. The molecule has 0 radical (unpaired) electrons. The molecule has 188 valence electrons. The van der Waals surface area contributed by atoms with Crippen LogP contribution >= 0.6 is 0 Å². The Labute approximate surface area is 209 Å².